The number of para-hydroxylation sites is 6. The van der Waals surface area contributed by atoms with Gasteiger partial charge in [0, 0.05) is 49.0 Å². The van der Waals surface area contributed by atoms with E-state index in [0.29, 0.717) is 5.82 Å². The molecule has 4 aromatic heterocycles. The van der Waals surface area contributed by atoms with Crippen LogP contribution in [-0.2, 0) is 0 Å². The minimum Gasteiger partial charge on any atom is -0.307 e. The third-order valence-corrected chi connectivity index (χ3v) is 15.1. The van der Waals surface area contributed by atoms with E-state index in [-0.39, 0.29) is 0 Å². The number of fused-ring (bicyclic) bond motifs is 9. The Morgan fingerprint density at radius 2 is 0.533 bits per heavy atom. The Morgan fingerprint density at radius 3 is 0.947 bits per heavy atom. The highest BCUT2D eigenvalue weighted by molar-refractivity contribution is 6.14. The van der Waals surface area contributed by atoms with Gasteiger partial charge >= 0.3 is 0 Å². The number of aromatic nitrogens is 5. The second-order valence-electron chi connectivity index (χ2n) is 19.3. The Morgan fingerprint density at radius 1 is 0.227 bits per heavy atom. The molecule has 11 aromatic carbocycles. The molecule has 350 valence electrons. The van der Waals surface area contributed by atoms with Crippen LogP contribution in [-0.4, -0.2) is 23.7 Å². The van der Waals surface area contributed by atoms with E-state index < -0.39 is 0 Å². The van der Waals surface area contributed by atoms with Crippen molar-refractivity contribution in [3.8, 4) is 73.2 Å². The molecule has 0 spiro atoms. The number of nitrogens with zero attached hydrogens (tertiary/aromatic N) is 5. The average Bonchev–Trinajstić information content (AvgIpc) is 4.19. The number of rotatable bonds is 8. The molecule has 0 radical (unpaired) electrons. The van der Waals surface area contributed by atoms with Crippen LogP contribution in [0.3, 0.4) is 0 Å². The maximum Gasteiger partial charge on any atom is 0.161 e. The van der Waals surface area contributed by atoms with Crippen molar-refractivity contribution < 1.29 is 0 Å². The predicted octanol–water partition coefficient (Wildman–Crippen LogP) is 18.1. The maximum atomic E-state index is 5.74. The predicted molar refractivity (Wildman–Crippen MR) is 312 cm³/mol. The fraction of sp³-hybridized carbons (Fsp3) is 0. The normalized spacial score (nSPS) is 11.7. The first-order chi connectivity index (χ1) is 37.2. The van der Waals surface area contributed by atoms with Gasteiger partial charge in [0.2, 0.25) is 0 Å². The summed E-state index contributed by atoms with van der Waals surface area (Å²) < 4.78 is 7.49. The number of hydrogen-bond donors (Lipinski definition) is 0. The van der Waals surface area contributed by atoms with Gasteiger partial charge in [-0.3, -0.25) is 0 Å². The SMILES string of the molecule is c1ccc(-c2ccccc2-c2cc(-c3cc(-n4c5ccccc5c5ccccc54)c(-n4c5ccccc5c5ccccc54)c(-n4c5ccccc5c5ccccc54)c3)nc(-c3ccccc3-c3ccccc3)n2)cc1. The molecule has 15 aromatic rings. The Kier molecular flexibility index (Phi) is 9.82. The summed E-state index contributed by atoms with van der Waals surface area (Å²) in [5.41, 5.74) is 18.7. The first-order valence-corrected chi connectivity index (χ1v) is 25.6. The van der Waals surface area contributed by atoms with Gasteiger partial charge in [-0.2, -0.15) is 0 Å². The van der Waals surface area contributed by atoms with E-state index in [0.717, 1.165) is 100 Å². The first-order valence-electron chi connectivity index (χ1n) is 25.6. The van der Waals surface area contributed by atoms with E-state index in [9.17, 15) is 0 Å². The summed E-state index contributed by atoms with van der Waals surface area (Å²) in [6.45, 7) is 0. The minimum atomic E-state index is 0.646. The van der Waals surface area contributed by atoms with Crippen molar-refractivity contribution in [3.05, 3.63) is 273 Å². The molecular formula is C70H45N5. The summed E-state index contributed by atoms with van der Waals surface area (Å²) in [7, 11) is 0. The van der Waals surface area contributed by atoms with Gasteiger partial charge in [0.05, 0.1) is 61.6 Å². The minimum absolute atomic E-state index is 0.646. The molecule has 0 aliphatic carbocycles. The fourth-order valence-electron chi connectivity index (χ4n) is 11.8. The van der Waals surface area contributed by atoms with Crippen molar-refractivity contribution in [3.63, 3.8) is 0 Å². The van der Waals surface area contributed by atoms with Gasteiger partial charge in [0.25, 0.3) is 0 Å². The molecule has 5 nitrogen and oxygen atoms in total. The fourth-order valence-corrected chi connectivity index (χ4v) is 11.8. The van der Waals surface area contributed by atoms with Gasteiger partial charge in [0.15, 0.2) is 5.82 Å². The maximum absolute atomic E-state index is 5.74. The van der Waals surface area contributed by atoms with E-state index in [1.165, 1.54) is 32.3 Å². The summed E-state index contributed by atoms with van der Waals surface area (Å²) in [5.74, 6) is 0.646. The van der Waals surface area contributed by atoms with E-state index >= 15 is 0 Å². The van der Waals surface area contributed by atoms with Gasteiger partial charge in [-0.05, 0) is 76.9 Å². The van der Waals surface area contributed by atoms with Crippen molar-refractivity contribution in [1.29, 1.82) is 0 Å². The van der Waals surface area contributed by atoms with Crippen LogP contribution in [0.4, 0.5) is 0 Å². The zero-order valence-electron chi connectivity index (χ0n) is 40.7. The largest absolute Gasteiger partial charge is 0.307 e. The molecule has 4 heterocycles. The first kappa shape index (κ1) is 42.6. The van der Waals surface area contributed by atoms with Crippen LogP contribution in [0.5, 0.6) is 0 Å². The molecule has 0 saturated heterocycles. The van der Waals surface area contributed by atoms with Crippen LogP contribution < -0.4 is 0 Å². The quantitative estimate of drug-likeness (QED) is 0.152. The molecule has 0 unspecified atom stereocenters. The molecule has 0 atom stereocenters. The summed E-state index contributed by atoms with van der Waals surface area (Å²) >= 11 is 0. The molecule has 0 N–H and O–H groups in total. The van der Waals surface area contributed by atoms with Gasteiger partial charge in [-0.1, -0.05) is 218 Å². The highest BCUT2D eigenvalue weighted by Crippen LogP contribution is 2.46. The van der Waals surface area contributed by atoms with Crippen LogP contribution >= 0.6 is 0 Å². The zero-order valence-corrected chi connectivity index (χ0v) is 40.7. The van der Waals surface area contributed by atoms with Crippen LogP contribution in [0.1, 0.15) is 0 Å². The average molecular weight is 956 g/mol. The third-order valence-electron chi connectivity index (χ3n) is 15.1. The number of benzene rings is 11. The lowest BCUT2D eigenvalue weighted by Crippen LogP contribution is -2.10. The van der Waals surface area contributed by atoms with E-state index in [1.54, 1.807) is 0 Å². The lowest BCUT2D eigenvalue weighted by molar-refractivity contribution is 1.05. The molecule has 0 bridgehead atoms. The van der Waals surface area contributed by atoms with Gasteiger partial charge < -0.3 is 13.7 Å². The molecular weight excluding hydrogens is 911 g/mol. The second-order valence-corrected chi connectivity index (χ2v) is 19.3. The Labute approximate surface area is 433 Å². The summed E-state index contributed by atoms with van der Waals surface area (Å²) in [4.78, 5) is 11.3. The molecule has 0 fully saturated rings. The van der Waals surface area contributed by atoms with Gasteiger partial charge in [0.1, 0.15) is 0 Å². The summed E-state index contributed by atoms with van der Waals surface area (Å²) in [6, 6.07) is 98.3. The Bertz CT molecular complexity index is 4320. The Balaban J connectivity index is 1.14. The van der Waals surface area contributed by atoms with Gasteiger partial charge in [-0.25, -0.2) is 9.97 Å². The van der Waals surface area contributed by atoms with Crippen LogP contribution in [0.25, 0.3) is 139 Å². The molecule has 15 rings (SSSR count). The second kappa shape index (κ2) is 17.3. The van der Waals surface area contributed by atoms with Crippen LogP contribution in [0.15, 0.2) is 273 Å². The van der Waals surface area contributed by atoms with E-state index in [2.05, 4.69) is 287 Å². The van der Waals surface area contributed by atoms with Crippen molar-refractivity contribution in [1.82, 2.24) is 23.7 Å². The monoisotopic (exact) mass is 955 g/mol. The molecule has 0 saturated carbocycles. The molecule has 75 heavy (non-hydrogen) atoms. The summed E-state index contributed by atoms with van der Waals surface area (Å²) in [5, 5.41) is 7.13. The highest BCUT2D eigenvalue weighted by atomic mass is 15.1. The van der Waals surface area contributed by atoms with Crippen LogP contribution in [0, 0.1) is 0 Å². The molecule has 5 heteroatoms. The highest BCUT2D eigenvalue weighted by Gasteiger charge is 2.27. The molecule has 0 aliphatic rings. The third kappa shape index (κ3) is 6.79. The molecule has 0 amide bonds. The van der Waals surface area contributed by atoms with Crippen molar-refractivity contribution in [2.24, 2.45) is 0 Å². The lowest BCUT2D eigenvalue weighted by Gasteiger charge is -2.24. The van der Waals surface area contributed by atoms with Crippen molar-refractivity contribution >= 4 is 65.4 Å². The topological polar surface area (TPSA) is 40.6 Å². The molecule has 0 aliphatic heterocycles. The van der Waals surface area contributed by atoms with E-state index in [4.69, 9.17) is 9.97 Å². The van der Waals surface area contributed by atoms with Crippen molar-refractivity contribution in [2.45, 2.75) is 0 Å². The zero-order chi connectivity index (χ0) is 49.4. The van der Waals surface area contributed by atoms with E-state index in [1.807, 2.05) is 0 Å². The standard InChI is InChI=1S/C70H45N5/c1-3-23-46(24-4-1)49-27-7-9-29-51(49)60-45-59(71-70(72-60)58-36-10-8-28-50(58)47-25-5-2-6-26-47)48-43-67(73-61-37-17-11-30-52(61)53-31-12-18-38-62(53)73)69(75-65-41-21-15-34-56(65)57-35-16-22-42-66(57)75)68(44-48)74-63-39-19-13-32-54(63)55-33-14-20-40-64(55)74/h1-45H. The Hall–Kier alpha value is -10.1. The smallest absolute Gasteiger partial charge is 0.161 e. The summed E-state index contributed by atoms with van der Waals surface area (Å²) in [6.07, 6.45) is 0. The van der Waals surface area contributed by atoms with Crippen molar-refractivity contribution in [2.75, 3.05) is 0 Å². The van der Waals surface area contributed by atoms with Crippen LogP contribution in [0.2, 0.25) is 0 Å². The number of hydrogen-bond acceptors (Lipinski definition) is 2. The van der Waals surface area contributed by atoms with Gasteiger partial charge in [-0.15, -0.1) is 0 Å². The lowest BCUT2D eigenvalue weighted by atomic mass is 9.95.